The Kier molecular flexibility index (Phi) is 4.02. The zero-order valence-corrected chi connectivity index (χ0v) is 12.6. The lowest BCUT2D eigenvalue weighted by Crippen LogP contribution is -2.25. The molecule has 0 radical (unpaired) electrons. The summed E-state index contributed by atoms with van der Waals surface area (Å²) in [5, 5.41) is 3.59. The van der Waals surface area contributed by atoms with Gasteiger partial charge in [-0.1, -0.05) is 43.3 Å². The molecule has 0 aliphatic rings. The van der Waals surface area contributed by atoms with Crippen molar-refractivity contribution < 1.29 is 0 Å². The molecule has 0 aliphatic heterocycles. The number of nitrogens with one attached hydrogen (secondary N) is 1. The number of hydrogen-bond acceptors (Lipinski definition) is 2. The van der Waals surface area contributed by atoms with Gasteiger partial charge < -0.3 is 9.88 Å². The van der Waals surface area contributed by atoms with Crippen molar-refractivity contribution in [3.63, 3.8) is 0 Å². The number of benzene rings is 2. The van der Waals surface area contributed by atoms with Crippen LogP contribution in [0.1, 0.15) is 24.1 Å². The number of likely N-dealkylation sites (N-methyl/N-ethyl adjacent to an activating group) is 1. The molecular weight excluding hydrogens is 258 g/mol. The molecule has 0 fully saturated rings. The standard InChI is InChI=1S/C18H21N3/c1-3-19-17(15-9-5-4-8-14(15)2)12-21-13-20-16-10-6-7-11-18(16)21/h4-11,13,17,19H,3,12H2,1-2H3. The summed E-state index contributed by atoms with van der Waals surface area (Å²) in [7, 11) is 0. The molecule has 0 aliphatic carbocycles. The van der Waals surface area contributed by atoms with Crippen molar-refractivity contribution in [2.75, 3.05) is 6.54 Å². The smallest absolute Gasteiger partial charge is 0.0958 e. The van der Waals surface area contributed by atoms with E-state index in [9.17, 15) is 0 Å². The van der Waals surface area contributed by atoms with E-state index in [1.807, 2.05) is 12.4 Å². The highest BCUT2D eigenvalue weighted by Gasteiger charge is 2.14. The van der Waals surface area contributed by atoms with Crippen LogP contribution in [0.2, 0.25) is 0 Å². The zero-order chi connectivity index (χ0) is 14.7. The van der Waals surface area contributed by atoms with Crippen molar-refractivity contribution in [1.29, 1.82) is 0 Å². The molecule has 108 valence electrons. The second-order valence-electron chi connectivity index (χ2n) is 5.35. The quantitative estimate of drug-likeness (QED) is 0.772. The van der Waals surface area contributed by atoms with E-state index in [-0.39, 0.29) is 0 Å². The second-order valence-corrected chi connectivity index (χ2v) is 5.35. The summed E-state index contributed by atoms with van der Waals surface area (Å²) in [6, 6.07) is 17.2. The van der Waals surface area contributed by atoms with E-state index in [2.05, 4.69) is 71.2 Å². The van der Waals surface area contributed by atoms with Gasteiger partial charge in [0.2, 0.25) is 0 Å². The first kappa shape index (κ1) is 13.8. The summed E-state index contributed by atoms with van der Waals surface area (Å²) in [5.41, 5.74) is 4.93. The third kappa shape index (κ3) is 2.83. The van der Waals surface area contributed by atoms with E-state index in [0.29, 0.717) is 6.04 Å². The first-order valence-corrected chi connectivity index (χ1v) is 7.48. The Morgan fingerprint density at radius 2 is 1.86 bits per heavy atom. The summed E-state index contributed by atoms with van der Waals surface area (Å²) in [6.45, 7) is 6.16. The van der Waals surface area contributed by atoms with Crippen LogP contribution >= 0.6 is 0 Å². The average Bonchev–Trinajstić information content (AvgIpc) is 2.91. The van der Waals surface area contributed by atoms with Gasteiger partial charge in [-0.15, -0.1) is 0 Å². The maximum Gasteiger partial charge on any atom is 0.0958 e. The lowest BCUT2D eigenvalue weighted by atomic mass is 10.0. The Hall–Kier alpha value is -2.13. The lowest BCUT2D eigenvalue weighted by molar-refractivity contribution is 0.479. The minimum Gasteiger partial charge on any atom is -0.329 e. The van der Waals surface area contributed by atoms with Crippen LogP contribution < -0.4 is 5.32 Å². The summed E-state index contributed by atoms with van der Waals surface area (Å²) in [5.74, 6) is 0. The number of hydrogen-bond donors (Lipinski definition) is 1. The van der Waals surface area contributed by atoms with Crippen LogP contribution in [0.25, 0.3) is 11.0 Å². The van der Waals surface area contributed by atoms with Gasteiger partial charge in [0, 0.05) is 6.54 Å². The third-order valence-corrected chi connectivity index (χ3v) is 3.92. The van der Waals surface area contributed by atoms with Crippen molar-refractivity contribution in [2.45, 2.75) is 26.4 Å². The molecule has 3 nitrogen and oxygen atoms in total. The maximum atomic E-state index is 4.48. The highest BCUT2D eigenvalue weighted by molar-refractivity contribution is 5.74. The minimum absolute atomic E-state index is 0.300. The van der Waals surface area contributed by atoms with Crippen LogP contribution in [-0.4, -0.2) is 16.1 Å². The van der Waals surface area contributed by atoms with Gasteiger partial charge in [-0.25, -0.2) is 4.98 Å². The summed E-state index contributed by atoms with van der Waals surface area (Å²) in [6.07, 6.45) is 1.94. The highest BCUT2D eigenvalue weighted by Crippen LogP contribution is 2.21. The van der Waals surface area contributed by atoms with Crippen molar-refractivity contribution in [2.24, 2.45) is 0 Å². The van der Waals surface area contributed by atoms with Crippen molar-refractivity contribution in [1.82, 2.24) is 14.9 Å². The van der Waals surface area contributed by atoms with Crippen LogP contribution in [0.5, 0.6) is 0 Å². The van der Waals surface area contributed by atoms with Gasteiger partial charge >= 0.3 is 0 Å². The van der Waals surface area contributed by atoms with Gasteiger partial charge in [0.25, 0.3) is 0 Å². The molecule has 0 amide bonds. The minimum atomic E-state index is 0.300. The molecule has 1 heterocycles. The fourth-order valence-corrected chi connectivity index (χ4v) is 2.85. The van der Waals surface area contributed by atoms with Crippen molar-refractivity contribution in [3.8, 4) is 0 Å². The largest absolute Gasteiger partial charge is 0.329 e. The molecule has 0 saturated carbocycles. The van der Waals surface area contributed by atoms with E-state index in [4.69, 9.17) is 0 Å². The Balaban J connectivity index is 1.94. The average molecular weight is 279 g/mol. The number of nitrogens with zero attached hydrogens (tertiary/aromatic N) is 2. The monoisotopic (exact) mass is 279 g/mol. The van der Waals surface area contributed by atoms with Gasteiger partial charge in [-0.3, -0.25) is 0 Å². The Morgan fingerprint density at radius 1 is 1.10 bits per heavy atom. The van der Waals surface area contributed by atoms with E-state index in [0.717, 1.165) is 18.6 Å². The predicted octanol–water partition coefficient (Wildman–Crippen LogP) is 3.70. The molecule has 3 rings (SSSR count). The number of fused-ring (bicyclic) bond motifs is 1. The zero-order valence-electron chi connectivity index (χ0n) is 12.6. The lowest BCUT2D eigenvalue weighted by Gasteiger charge is -2.21. The number of rotatable bonds is 5. The SMILES string of the molecule is CCNC(Cn1cnc2ccccc21)c1ccccc1C. The van der Waals surface area contributed by atoms with E-state index in [1.54, 1.807) is 0 Å². The van der Waals surface area contributed by atoms with Gasteiger partial charge in [0.05, 0.1) is 23.4 Å². The fraction of sp³-hybridized carbons (Fsp3) is 0.278. The summed E-state index contributed by atoms with van der Waals surface area (Å²) in [4.78, 5) is 4.48. The van der Waals surface area contributed by atoms with Gasteiger partial charge in [0.15, 0.2) is 0 Å². The number of para-hydroxylation sites is 2. The molecule has 1 aromatic heterocycles. The highest BCUT2D eigenvalue weighted by atomic mass is 15.1. The van der Waals surface area contributed by atoms with E-state index in [1.165, 1.54) is 16.6 Å². The second kappa shape index (κ2) is 6.10. The normalized spacial score (nSPS) is 12.7. The van der Waals surface area contributed by atoms with Gasteiger partial charge in [-0.2, -0.15) is 0 Å². The maximum absolute atomic E-state index is 4.48. The molecule has 0 spiro atoms. The Labute approximate surface area is 125 Å². The molecule has 3 aromatic rings. The Morgan fingerprint density at radius 3 is 2.67 bits per heavy atom. The summed E-state index contributed by atoms with van der Waals surface area (Å²) < 4.78 is 2.23. The molecule has 1 N–H and O–H groups in total. The van der Waals surface area contributed by atoms with Crippen LogP contribution in [0.4, 0.5) is 0 Å². The number of aromatic nitrogens is 2. The third-order valence-electron chi connectivity index (χ3n) is 3.92. The topological polar surface area (TPSA) is 29.9 Å². The molecule has 1 unspecified atom stereocenters. The Bertz CT molecular complexity index is 730. The fourth-order valence-electron chi connectivity index (χ4n) is 2.85. The predicted molar refractivity (Wildman–Crippen MR) is 87.3 cm³/mol. The van der Waals surface area contributed by atoms with Crippen LogP contribution in [0.3, 0.4) is 0 Å². The first-order chi connectivity index (χ1) is 10.3. The summed E-state index contributed by atoms with van der Waals surface area (Å²) >= 11 is 0. The molecule has 0 bridgehead atoms. The first-order valence-electron chi connectivity index (χ1n) is 7.48. The molecule has 21 heavy (non-hydrogen) atoms. The number of aryl methyl sites for hydroxylation is 1. The van der Waals surface area contributed by atoms with Crippen LogP contribution in [0.15, 0.2) is 54.9 Å². The van der Waals surface area contributed by atoms with E-state index >= 15 is 0 Å². The molecule has 3 heteroatoms. The van der Waals surface area contributed by atoms with Crippen LogP contribution in [0, 0.1) is 6.92 Å². The van der Waals surface area contributed by atoms with Crippen LogP contribution in [-0.2, 0) is 6.54 Å². The molecular formula is C18H21N3. The molecule has 2 aromatic carbocycles. The van der Waals surface area contributed by atoms with Crippen molar-refractivity contribution >= 4 is 11.0 Å². The van der Waals surface area contributed by atoms with E-state index < -0.39 is 0 Å². The molecule has 0 saturated heterocycles. The molecule has 1 atom stereocenters. The number of imidazole rings is 1. The van der Waals surface area contributed by atoms with Gasteiger partial charge in [0.1, 0.15) is 0 Å². The van der Waals surface area contributed by atoms with Crippen molar-refractivity contribution in [3.05, 3.63) is 66.0 Å². The van der Waals surface area contributed by atoms with Gasteiger partial charge in [-0.05, 0) is 36.7 Å².